The van der Waals surface area contributed by atoms with Gasteiger partial charge in [0, 0.05) is 25.6 Å². The molecule has 2 unspecified atom stereocenters. The molecule has 1 amide bonds. The molecule has 0 radical (unpaired) electrons. The Hall–Kier alpha value is -1.26. The number of carbonyl (C=O) groups is 1. The van der Waals surface area contributed by atoms with Crippen LogP contribution in [0.15, 0.2) is 24.3 Å². The number of amides is 1. The fourth-order valence-corrected chi connectivity index (χ4v) is 2.10. The van der Waals surface area contributed by atoms with E-state index < -0.39 is 0 Å². The zero-order valence-corrected chi connectivity index (χ0v) is 14.2. The Morgan fingerprint density at radius 3 is 2.52 bits per heavy atom. The third-order valence-corrected chi connectivity index (χ3v) is 3.58. The molecule has 120 valence electrons. The van der Waals surface area contributed by atoms with E-state index in [0.29, 0.717) is 6.42 Å². The van der Waals surface area contributed by atoms with E-state index in [1.54, 1.807) is 12.0 Å². The van der Waals surface area contributed by atoms with Crippen molar-refractivity contribution >= 4 is 18.3 Å². The third-order valence-electron chi connectivity index (χ3n) is 3.58. The van der Waals surface area contributed by atoms with Crippen molar-refractivity contribution in [3.63, 3.8) is 0 Å². The topological polar surface area (TPSA) is 55.6 Å². The first-order chi connectivity index (χ1) is 9.45. The number of hydrogen-bond donors (Lipinski definition) is 1. The standard InChI is InChI=1S/C16H26N2O2.ClH/c1-12(17)9-10-16(19)18(3)13(2)11-14-7-5-6-8-15(14)20-4;/h5-8,12-13H,9-11,17H2,1-4H3;1H. The monoisotopic (exact) mass is 314 g/mol. The van der Waals surface area contributed by atoms with Gasteiger partial charge >= 0.3 is 0 Å². The van der Waals surface area contributed by atoms with E-state index in [4.69, 9.17) is 10.5 Å². The lowest BCUT2D eigenvalue weighted by molar-refractivity contribution is -0.131. The van der Waals surface area contributed by atoms with Gasteiger partial charge < -0.3 is 15.4 Å². The molecule has 0 saturated carbocycles. The fourth-order valence-electron chi connectivity index (χ4n) is 2.10. The van der Waals surface area contributed by atoms with Crippen LogP contribution < -0.4 is 10.5 Å². The van der Waals surface area contributed by atoms with Crippen molar-refractivity contribution in [3.05, 3.63) is 29.8 Å². The van der Waals surface area contributed by atoms with Gasteiger partial charge in [0.1, 0.15) is 5.75 Å². The third kappa shape index (κ3) is 6.36. The molecule has 0 fully saturated rings. The number of carbonyl (C=O) groups excluding carboxylic acids is 1. The highest BCUT2D eigenvalue weighted by Crippen LogP contribution is 2.20. The Labute approximate surface area is 134 Å². The summed E-state index contributed by atoms with van der Waals surface area (Å²) in [5.74, 6) is 1.01. The smallest absolute Gasteiger partial charge is 0.222 e. The Balaban J connectivity index is 0.00000400. The predicted molar refractivity (Wildman–Crippen MR) is 89.1 cm³/mol. The van der Waals surface area contributed by atoms with Crippen molar-refractivity contribution in [1.82, 2.24) is 4.90 Å². The second kappa shape index (κ2) is 9.64. The minimum atomic E-state index is 0. The van der Waals surface area contributed by atoms with E-state index in [1.165, 1.54) is 0 Å². The van der Waals surface area contributed by atoms with Crippen molar-refractivity contribution in [2.24, 2.45) is 5.73 Å². The molecule has 1 rings (SSSR count). The number of nitrogens with zero attached hydrogens (tertiary/aromatic N) is 1. The van der Waals surface area contributed by atoms with Gasteiger partial charge in [-0.25, -0.2) is 0 Å². The minimum absolute atomic E-state index is 0. The first-order valence-corrected chi connectivity index (χ1v) is 7.08. The first-order valence-electron chi connectivity index (χ1n) is 7.08. The second-order valence-corrected chi connectivity index (χ2v) is 5.39. The maximum absolute atomic E-state index is 12.1. The molecule has 0 heterocycles. The largest absolute Gasteiger partial charge is 0.496 e. The van der Waals surface area contributed by atoms with Crippen molar-refractivity contribution in [2.75, 3.05) is 14.2 Å². The van der Waals surface area contributed by atoms with Gasteiger partial charge in [-0.1, -0.05) is 18.2 Å². The molecule has 4 nitrogen and oxygen atoms in total. The average Bonchev–Trinajstić information content (AvgIpc) is 2.44. The summed E-state index contributed by atoms with van der Waals surface area (Å²) in [5, 5.41) is 0. The maximum Gasteiger partial charge on any atom is 0.222 e. The van der Waals surface area contributed by atoms with Crippen molar-refractivity contribution in [1.29, 1.82) is 0 Å². The second-order valence-electron chi connectivity index (χ2n) is 5.39. The molecule has 2 N–H and O–H groups in total. The van der Waals surface area contributed by atoms with Gasteiger partial charge in [0.2, 0.25) is 5.91 Å². The van der Waals surface area contributed by atoms with Crippen LogP contribution in [0.1, 0.15) is 32.3 Å². The first kappa shape index (κ1) is 19.7. The van der Waals surface area contributed by atoms with Crippen LogP contribution in [0, 0.1) is 0 Å². The van der Waals surface area contributed by atoms with E-state index >= 15 is 0 Å². The van der Waals surface area contributed by atoms with Crippen molar-refractivity contribution in [2.45, 2.75) is 45.2 Å². The molecule has 0 aliphatic rings. The van der Waals surface area contributed by atoms with Crippen LogP contribution in [-0.2, 0) is 11.2 Å². The van der Waals surface area contributed by atoms with Crippen molar-refractivity contribution in [3.8, 4) is 5.75 Å². The highest BCUT2D eigenvalue weighted by atomic mass is 35.5. The molecule has 0 spiro atoms. The Morgan fingerprint density at radius 1 is 1.33 bits per heavy atom. The number of hydrogen-bond acceptors (Lipinski definition) is 3. The highest BCUT2D eigenvalue weighted by molar-refractivity contribution is 5.85. The van der Waals surface area contributed by atoms with Gasteiger partial charge in [-0.15, -0.1) is 12.4 Å². The molecule has 0 aliphatic heterocycles. The molecule has 5 heteroatoms. The Bertz CT molecular complexity index is 438. The predicted octanol–water partition coefficient (Wildman–Crippen LogP) is 2.63. The van der Waals surface area contributed by atoms with Gasteiger partial charge in [-0.2, -0.15) is 0 Å². The van der Waals surface area contributed by atoms with Crippen LogP contribution in [-0.4, -0.2) is 37.0 Å². The number of methoxy groups -OCH3 is 1. The number of halogens is 1. The molecule has 1 aromatic carbocycles. The molecule has 1 aromatic rings. The number of para-hydroxylation sites is 1. The zero-order chi connectivity index (χ0) is 15.1. The number of ether oxygens (including phenoxy) is 1. The summed E-state index contributed by atoms with van der Waals surface area (Å²) >= 11 is 0. The molecule has 0 bridgehead atoms. The van der Waals surface area contributed by atoms with Gasteiger partial charge in [-0.3, -0.25) is 4.79 Å². The summed E-state index contributed by atoms with van der Waals surface area (Å²) < 4.78 is 5.35. The number of likely N-dealkylation sites (N-methyl/N-ethyl adjacent to an activating group) is 1. The van der Waals surface area contributed by atoms with E-state index in [9.17, 15) is 4.79 Å². The average molecular weight is 315 g/mol. The van der Waals surface area contributed by atoms with Crippen LogP contribution >= 0.6 is 12.4 Å². The van der Waals surface area contributed by atoms with Crippen molar-refractivity contribution < 1.29 is 9.53 Å². The lowest BCUT2D eigenvalue weighted by Gasteiger charge is -2.26. The van der Waals surface area contributed by atoms with E-state index in [1.807, 2.05) is 38.2 Å². The van der Waals surface area contributed by atoms with Crippen LogP contribution in [0.2, 0.25) is 0 Å². The minimum Gasteiger partial charge on any atom is -0.496 e. The van der Waals surface area contributed by atoms with Crippen LogP contribution in [0.25, 0.3) is 0 Å². The zero-order valence-electron chi connectivity index (χ0n) is 13.3. The number of nitrogens with two attached hydrogens (primary N) is 1. The summed E-state index contributed by atoms with van der Waals surface area (Å²) in [4.78, 5) is 13.9. The Morgan fingerprint density at radius 2 is 1.95 bits per heavy atom. The van der Waals surface area contributed by atoms with E-state index in [2.05, 4.69) is 6.92 Å². The molecule has 0 saturated heterocycles. The van der Waals surface area contributed by atoms with Gasteiger partial charge in [0.25, 0.3) is 0 Å². The number of benzene rings is 1. The summed E-state index contributed by atoms with van der Waals surface area (Å²) in [6.45, 7) is 3.97. The molecule has 2 atom stereocenters. The lowest BCUT2D eigenvalue weighted by Crippen LogP contribution is -2.37. The van der Waals surface area contributed by atoms with Crippen LogP contribution in [0.5, 0.6) is 5.75 Å². The highest BCUT2D eigenvalue weighted by Gasteiger charge is 2.17. The van der Waals surface area contributed by atoms with Gasteiger partial charge in [0.05, 0.1) is 7.11 Å². The molecular formula is C16H27ClN2O2. The molecule has 0 aromatic heterocycles. The molecule has 0 aliphatic carbocycles. The lowest BCUT2D eigenvalue weighted by atomic mass is 10.0. The quantitative estimate of drug-likeness (QED) is 0.841. The molecular weight excluding hydrogens is 288 g/mol. The van der Waals surface area contributed by atoms with Crippen LogP contribution in [0.3, 0.4) is 0 Å². The van der Waals surface area contributed by atoms with E-state index in [0.717, 1.165) is 24.2 Å². The maximum atomic E-state index is 12.1. The molecule has 21 heavy (non-hydrogen) atoms. The Kier molecular flexibility index (Phi) is 9.06. The van der Waals surface area contributed by atoms with Gasteiger partial charge in [-0.05, 0) is 38.3 Å². The SMILES string of the molecule is COc1ccccc1CC(C)N(C)C(=O)CCC(C)N.Cl. The van der Waals surface area contributed by atoms with Crippen LogP contribution in [0.4, 0.5) is 0 Å². The number of rotatable bonds is 7. The van der Waals surface area contributed by atoms with Gasteiger partial charge in [0.15, 0.2) is 0 Å². The summed E-state index contributed by atoms with van der Waals surface area (Å²) in [7, 11) is 3.52. The summed E-state index contributed by atoms with van der Waals surface area (Å²) in [5.41, 5.74) is 6.81. The normalized spacial score (nSPS) is 13.0. The fraction of sp³-hybridized carbons (Fsp3) is 0.562. The summed E-state index contributed by atoms with van der Waals surface area (Å²) in [6, 6.07) is 8.12. The summed E-state index contributed by atoms with van der Waals surface area (Å²) in [6.07, 6.45) is 2.01. The van der Waals surface area contributed by atoms with E-state index in [-0.39, 0.29) is 30.4 Å².